The van der Waals surface area contributed by atoms with Crippen molar-refractivity contribution in [2.75, 3.05) is 6.61 Å². The van der Waals surface area contributed by atoms with Crippen LogP contribution in [0.2, 0.25) is 0 Å². The molecule has 24 heavy (non-hydrogen) atoms. The normalized spacial score (nSPS) is 11.0. The van der Waals surface area contributed by atoms with Gasteiger partial charge in [0.2, 0.25) is 5.75 Å². The van der Waals surface area contributed by atoms with Crippen LogP contribution in [0.3, 0.4) is 0 Å². The van der Waals surface area contributed by atoms with E-state index in [9.17, 15) is 14.7 Å². The highest BCUT2D eigenvalue weighted by molar-refractivity contribution is 5.90. The molecule has 0 aliphatic carbocycles. The molecular weight excluding hydrogens is 310 g/mol. The number of phenolic OH excluding ortho intramolecular Hbond substituents is 1. The predicted molar refractivity (Wildman–Crippen MR) is 92.0 cm³/mol. The van der Waals surface area contributed by atoms with Gasteiger partial charge in [0.05, 0.1) is 12.1 Å². The molecule has 0 spiro atoms. The lowest BCUT2D eigenvalue weighted by atomic mass is 10.1. The van der Waals surface area contributed by atoms with Crippen LogP contribution in [-0.4, -0.2) is 22.2 Å². The van der Waals surface area contributed by atoms with Gasteiger partial charge in [0, 0.05) is 24.4 Å². The van der Waals surface area contributed by atoms with E-state index in [-0.39, 0.29) is 23.3 Å². The number of benzene rings is 1. The number of rotatable bonds is 6. The zero-order valence-electron chi connectivity index (χ0n) is 14.5. The Morgan fingerprint density at radius 1 is 1.29 bits per heavy atom. The van der Waals surface area contributed by atoms with Gasteiger partial charge in [0.25, 0.3) is 5.56 Å². The van der Waals surface area contributed by atoms with E-state index in [1.165, 1.54) is 23.6 Å². The molecule has 0 fully saturated rings. The fourth-order valence-electron chi connectivity index (χ4n) is 2.56. The molecular formula is C18H23NO5. The fraction of sp³-hybridized carbons (Fsp3) is 0.444. The van der Waals surface area contributed by atoms with Crippen molar-refractivity contribution < 1.29 is 19.4 Å². The van der Waals surface area contributed by atoms with Gasteiger partial charge in [0.15, 0.2) is 5.75 Å². The molecule has 6 nitrogen and oxygen atoms in total. The van der Waals surface area contributed by atoms with Crippen molar-refractivity contribution in [3.05, 3.63) is 28.6 Å². The number of unbranched alkanes of at least 4 members (excludes halogenated alkanes) is 1. The zero-order valence-corrected chi connectivity index (χ0v) is 14.5. The lowest BCUT2D eigenvalue weighted by Crippen LogP contribution is -2.26. The van der Waals surface area contributed by atoms with Crippen LogP contribution in [0.4, 0.5) is 0 Å². The van der Waals surface area contributed by atoms with Gasteiger partial charge in [-0.05, 0) is 32.4 Å². The molecule has 6 heteroatoms. The molecule has 0 bridgehead atoms. The summed E-state index contributed by atoms with van der Waals surface area (Å²) < 4.78 is 12.4. The third-order valence-corrected chi connectivity index (χ3v) is 3.61. The summed E-state index contributed by atoms with van der Waals surface area (Å²) in [5.41, 5.74) is 0.0854. The van der Waals surface area contributed by atoms with Crippen molar-refractivity contribution >= 4 is 16.9 Å². The molecule has 2 aromatic rings. The smallest absolute Gasteiger partial charge is 0.308 e. The highest BCUT2D eigenvalue weighted by atomic mass is 16.6. The number of aromatic nitrogens is 1. The molecule has 1 N–H and O–H groups in total. The summed E-state index contributed by atoms with van der Waals surface area (Å²) in [5.74, 6) is -0.391. The molecule has 0 saturated heterocycles. The average molecular weight is 333 g/mol. The standard InChI is InChI=1S/C18H23NO5/c1-5-6-9-23-16-14-8-7-13(21)10-15(14)19(11(2)3)18(22)17(16)24-12(4)20/h7-8,10-11,21H,5-6,9H2,1-4H3. The summed E-state index contributed by atoms with van der Waals surface area (Å²) in [6, 6.07) is 4.51. The number of carbonyl (C=O) groups excluding carboxylic acids is 1. The third-order valence-electron chi connectivity index (χ3n) is 3.61. The van der Waals surface area contributed by atoms with Crippen molar-refractivity contribution in [3.8, 4) is 17.2 Å². The lowest BCUT2D eigenvalue weighted by Gasteiger charge is -2.19. The second-order valence-corrected chi connectivity index (χ2v) is 5.92. The van der Waals surface area contributed by atoms with Crippen LogP contribution in [0.15, 0.2) is 23.0 Å². The summed E-state index contributed by atoms with van der Waals surface area (Å²) in [4.78, 5) is 24.3. The Bertz CT molecular complexity index is 807. The molecule has 2 rings (SSSR count). The van der Waals surface area contributed by atoms with Crippen molar-refractivity contribution in [1.29, 1.82) is 0 Å². The molecule has 1 heterocycles. The van der Waals surface area contributed by atoms with Crippen LogP contribution in [0.25, 0.3) is 10.9 Å². The number of hydrogen-bond donors (Lipinski definition) is 1. The largest absolute Gasteiger partial charge is 0.508 e. The Morgan fingerprint density at radius 3 is 2.58 bits per heavy atom. The second kappa shape index (κ2) is 7.38. The van der Waals surface area contributed by atoms with Gasteiger partial charge in [-0.15, -0.1) is 0 Å². The van der Waals surface area contributed by atoms with E-state index in [4.69, 9.17) is 9.47 Å². The Hall–Kier alpha value is -2.50. The van der Waals surface area contributed by atoms with Crippen molar-refractivity contribution in [3.63, 3.8) is 0 Å². The summed E-state index contributed by atoms with van der Waals surface area (Å²) in [5, 5.41) is 10.4. The Balaban J connectivity index is 2.80. The second-order valence-electron chi connectivity index (χ2n) is 5.92. The van der Waals surface area contributed by atoms with Gasteiger partial charge < -0.3 is 19.1 Å². The minimum atomic E-state index is -0.583. The van der Waals surface area contributed by atoms with Crippen LogP contribution in [0.5, 0.6) is 17.2 Å². The van der Waals surface area contributed by atoms with E-state index in [1.54, 1.807) is 6.07 Å². The molecule has 0 unspecified atom stereocenters. The summed E-state index contributed by atoms with van der Waals surface area (Å²) >= 11 is 0. The highest BCUT2D eigenvalue weighted by Crippen LogP contribution is 2.35. The average Bonchev–Trinajstić information content (AvgIpc) is 2.49. The van der Waals surface area contributed by atoms with E-state index in [0.29, 0.717) is 17.5 Å². The first-order chi connectivity index (χ1) is 11.4. The van der Waals surface area contributed by atoms with Gasteiger partial charge in [-0.3, -0.25) is 9.59 Å². The number of carbonyl (C=O) groups is 1. The zero-order chi connectivity index (χ0) is 17.9. The number of fused-ring (bicyclic) bond motifs is 1. The SMILES string of the molecule is CCCCOc1c(OC(C)=O)c(=O)n(C(C)C)c2cc(O)ccc12. The van der Waals surface area contributed by atoms with Crippen LogP contribution in [0, 0.1) is 0 Å². The Kier molecular flexibility index (Phi) is 5.49. The van der Waals surface area contributed by atoms with Crippen molar-refractivity contribution in [2.45, 2.75) is 46.6 Å². The maximum Gasteiger partial charge on any atom is 0.308 e. The maximum atomic E-state index is 12.8. The van der Waals surface area contributed by atoms with Crippen molar-refractivity contribution in [1.82, 2.24) is 4.57 Å². The molecule has 0 saturated carbocycles. The predicted octanol–water partition coefficient (Wildman–Crippen LogP) is 3.39. The first-order valence-electron chi connectivity index (χ1n) is 8.09. The van der Waals surface area contributed by atoms with Gasteiger partial charge in [0.1, 0.15) is 5.75 Å². The van der Waals surface area contributed by atoms with E-state index in [2.05, 4.69) is 0 Å². The van der Waals surface area contributed by atoms with Crippen LogP contribution in [-0.2, 0) is 4.79 Å². The third kappa shape index (κ3) is 3.53. The highest BCUT2D eigenvalue weighted by Gasteiger charge is 2.22. The van der Waals surface area contributed by atoms with Crippen LogP contribution >= 0.6 is 0 Å². The number of phenols is 1. The number of aromatic hydroxyl groups is 1. The minimum absolute atomic E-state index is 0.0519. The summed E-state index contributed by atoms with van der Waals surface area (Å²) in [6.45, 7) is 7.38. The van der Waals surface area contributed by atoms with Gasteiger partial charge >= 0.3 is 5.97 Å². The van der Waals surface area contributed by atoms with Crippen LogP contribution < -0.4 is 15.0 Å². The van der Waals surface area contributed by atoms with Crippen LogP contribution in [0.1, 0.15) is 46.6 Å². The van der Waals surface area contributed by atoms with Gasteiger partial charge in [-0.2, -0.15) is 0 Å². The number of esters is 1. The van der Waals surface area contributed by atoms with E-state index < -0.39 is 11.5 Å². The van der Waals surface area contributed by atoms with Gasteiger partial charge in [-0.1, -0.05) is 13.3 Å². The van der Waals surface area contributed by atoms with Crippen molar-refractivity contribution in [2.24, 2.45) is 0 Å². The fourth-order valence-corrected chi connectivity index (χ4v) is 2.56. The van der Waals surface area contributed by atoms with Gasteiger partial charge in [-0.25, -0.2) is 0 Å². The number of nitrogens with zero attached hydrogens (tertiary/aromatic N) is 1. The molecule has 0 aliphatic rings. The minimum Gasteiger partial charge on any atom is -0.508 e. The molecule has 130 valence electrons. The first-order valence-corrected chi connectivity index (χ1v) is 8.09. The molecule has 0 radical (unpaired) electrons. The summed E-state index contributed by atoms with van der Waals surface area (Å²) in [6.07, 6.45) is 1.75. The quantitative estimate of drug-likeness (QED) is 0.647. The summed E-state index contributed by atoms with van der Waals surface area (Å²) in [7, 11) is 0. The molecule has 1 aromatic carbocycles. The number of hydrogen-bond acceptors (Lipinski definition) is 5. The molecule has 0 amide bonds. The number of ether oxygens (including phenoxy) is 2. The Labute approximate surface area is 140 Å². The van der Waals surface area contributed by atoms with E-state index in [0.717, 1.165) is 12.8 Å². The lowest BCUT2D eigenvalue weighted by molar-refractivity contribution is -0.132. The topological polar surface area (TPSA) is 77.8 Å². The van der Waals surface area contributed by atoms with E-state index in [1.807, 2.05) is 20.8 Å². The van der Waals surface area contributed by atoms with E-state index >= 15 is 0 Å². The molecule has 1 aromatic heterocycles. The monoisotopic (exact) mass is 333 g/mol. The Morgan fingerprint density at radius 2 is 2.00 bits per heavy atom. The number of pyridine rings is 1. The molecule has 0 atom stereocenters. The molecule has 0 aliphatic heterocycles. The first kappa shape index (κ1) is 17.8. The maximum absolute atomic E-state index is 12.8.